The van der Waals surface area contributed by atoms with Crippen molar-refractivity contribution in [1.82, 2.24) is 0 Å². The summed E-state index contributed by atoms with van der Waals surface area (Å²) in [6, 6.07) is 0. The number of hydrogen-bond acceptors (Lipinski definition) is 5. The van der Waals surface area contributed by atoms with E-state index in [-0.39, 0.29) is 31.6 Å². The summed E-state index contributed by atoms with van der Waals surface area (Å²) in [5, 5.41) is 0. The van der Waals surface area contributed by atoms with Crippen LogP contribution in [0.2, 0.25) is 0 Å². The first kappa shape index (κ1) is 62.3. The van der Waals surface area contributed by atoms with Crippen LogP contribution in [0.25, 0.3) is 0 Å². The third kappa shape index (κ3) is 52.9. The Morgan fingerprint density at radius 1 is 0.364 bits per heavy atom. The molecular formula is C61H100O5. The number of hydrogen-bond donors (Lipinski definition) is 0. The fourth-order valence-corrected chi connectivity index (χ4v) is 7.04. The van der Waals surface area contributed by atoms with Crippen molar-refractivity contribution in [1.29, 1.82) is 0 Å². The van der Waals surface area contributed by atoms with Crippen LogP contribution in [0.5, 0.6) is 0 Å². The first-order chi connectivity index (χ1) is 32.6. The molecule has 5 heteroatoms. The van der Waals surface area contributed by atoms with Gasteiger partial charge in [-0.05, 0) is 109 Å². The molecule has 0 spiro atoms. The predicted octanol–water partition coefficient (Wildman–Crippen LogP) is 18.6. The molecule has 0 aliphatic rings. The summed E-state index contributed by atoms with van der Waals surface area (Å²) in [6.45, 7) is 7.44. The van der Waals surface area contributed by atoms with Gasteiger partial charge in [-0.2, -0.15) is 0 Å². The third-order valence-electron chi connectivity index (χ3n) is 11.0. The predicted molar refractivity (Wildman–Crippen MR) is 288 cm³/mol. The molecule has 5 nitrogen and oxygen atoms in total. The van der Waals surface area contributed by atoms with Gasteiger partial charge in [-0.25, -0.2) is 0 Å². The molecule has 0 aromatic carbocycles. The van der Waals surface area contributed by atoms with Gasteiger partial charge in [0.25, 0.3) is 0 Å². The molecule has 0 saturated heterocycles. The topological polar surface area (TPSA) is 61.8 Å². The van der Waals surface area contributed by atoms with E-state index in [2.05, 4.69) is 130 Å². The summed E-state index contributed by atoms with van der Waals surface area (Å²) < 4.78 is 17.3. The highest BCUT2D eigenvalue weighted by atomic mass is 16.6. The molecule has 0 rings (SSSR count). The molecule has 1 unspecified atom stereocenters. The van der Waals surface area contributed by atoms with Gasteiger partial charge in [-0.3, -0.25) is 9.59 Å². The lowest BCUT2D eigenvalue weighted by atomic mass is 10.1. The van der Waals surface area contributed by atoms with Crippen LogP contribution >= 0.6 is 0 Å². The molecule has 374 valence electrons. The van der Waals surface area contributed by atoms with Crippen LogP contribution in [0.3, 0.4) is 0 Å². The highest BCUT2D eigenvalue weighted by molar-refractivity contribution is 5.71. The van der Waals surface area contributed by atoms with E-state index >= 15 is 0 Å². The molecule has 0 bridgehead atoms. The molecule has 66 heavy (non-hydrogen) atoms. The van der Waals surface area contributed by atoms with Gasteiger partial charge in [0, 0.05) is 13.0 Å². The van der Waals surface area contributed by atoms with Gasteiger partial charge in [-0.15, -0.1) is 0 Å². The molecule has 0 aromatic rings. The Morgan fingerprint density at radius 3 is 1.17 bits per heavy atom. The minimum absolute atomic E-state index is 0.0310. The maximum absolute atomic E-state index is 12.8. The monoisotopic (exact) mass is 913 g/mol. The maximum atomic E-state index is 12.8. The van der Waals surface area contributed by atoms with Crippen molar-refractivity contribution >= 4 is 11.9 Å². The lowest BCUT2D eigenvalue weighted by Crippen LogP contribution is -2.29. The Morgan fingerprint density at radius 2 is 0.727 bits per heavy atom. The minimum Gasteiger partial charge on any atom is -0.462 e. The van der Waals surface area contributed by atoms with E-state index in [1.54, 1.807) is 0 Å². The van der Waals surface area contributed by atoms with Crippen LogP contribution in [-0.2, 0) is 23.8 Å². The normalized spacial score (nSPS) is 13.2. The zero-order chi connectivity index (χ0) is 47.7. The Kier molecular flexibility index (Phi) is 52.5. The summed E-state index contributed by atoms with van der Waals surface area (Å²) >= 11 is 0. The largest absolute Gasteiger partial charge is 0.462 e. The van der Waals surface area contributed by atoms with E-state index in [0.717, 1.165) is 96.3 Å². The van der Waals surface area contributed by atoms with Gasteiger partial charge in [0.1, 0.15) is 6.61 Å². The molecule has 0 aliphatic heterocycles. The average Bonchev–Trinajstić information content (AvgIpc) is 3.32. The van der Waals surface area contributed by atoms with Crippen molar-refractivity contribution in [2.75, 3.05) is 19.8 Å². The molecule has 0 amide bonds. The fraction of sp³-hybridized carbons (Fsp3) is 0.639. The highest BCUT2D eigenvalue weighted by Gasteiger charge is 2.17. The fourth-order valence-electron chi connectivity index (χ4n) is 7.04. The Bertz CT molecular complexity index is 1350. The van der Waals surface area contributed by atoms with E-state index in [1.165, 1.54) is 96.3 Å². The second-order valence-electron chi connectivity index (χ2n) is 17.4. The SMILES string of the molecule is CC/C=C\C/C=C\C/C=C\C/C=C\C/C=C\CC(=O)OC(COCCCCCCCCCC/C=C\C/C=C\CCCCC)COC(=O)CCCCCCCCC/C=C\C/C=C\C/C=C\CC. The minimum atomic E-state index is -0.606. The molecule has 1 atom stereocenters. The van der Waals surface area contributed by atoms with Crippen LogP contribution in [-0.4, -0.2) is 37.9 Å². The van der Waals surface area contributed by atoms with E-state index in [9.17, 15) is 9.59 Å². The van der Waals surface area contributed by atoms with Crippen molar-refractivity contribution in [2.24, 2.45) is 0 Å². The number of ether oxygens (including phenoxy) is 3. The Labute approximate surface area is 407 Å². The molecule has 0 aliphatic carbocycles. The van der Waals surface area contributed by atoms with Crippen molar-refractivity contribution in [3.8, 4) is 0 Å². The molecular weight excluding hydrogens is 813 g/mol. The molecule has 0 aromatic heterocycles. The Balaban J connectivity index is 4.42. The molecule has 0 saturated carbocycles. The average molecular weight is 913 g/mol. The van der Waals surface area contributed by atoms with E-state index in [4.69, 9.17) is 14.2 Å². The quantitative estimate of drug-likeness (QED) is 0.0346. The summed E-state index contributed by atoms with van der Waals surface area (Å²) in [5.74, 6) is -0.563. The van der Waals surface area contributed by atoms with Gasteiger partial charge in [0.2, 0.25) is 0 Å². The van der Waals surface area contributed by atoms with Gasteiger partial charge >= 0.3 is 11.9 Å². The van der Waals surface area contributed by atoms with E-state index in [1.807, 2.05) is 12.2 Å². The number of unbranched alkanes of at least 4 members (excludes halogenated alkanes) is 18. The van der Waals surface area contributed by atoms with Crippen LogP contribution in [0.4, 0.5) is 0 Å². The van der Waals surface area contributed by atoms with E-state index < -0.39 is 6.10 Å². The van der Waals surface area contributed by atoms with Gasteiger partial charge in [0.05, 0.1) is 13.0 Å². The lowest BCUT2D eigenvalue weighted by molar-refractivity contribution is -0.162. The van der Waals surface area contributed by atoms with Crippen LogP contribution < -0.4 is 0 Å². The Hall–Kier alpha value is -3.70. The summed E-state index contributed by atoms with van der Waals surface area (Å²) in [4.78, 5) is 25.4. The first-order valence-corrected chi connectivity index (χ1v) is 27.1. The van der Waals surface area contributed by atoms with Crippen molar-refractivity contribution in [3.63, 3.8) is 0 Å². The van der Waals surface area contributed by atoms with Gasteiger partial charge in [-0.1, -0.05) is 226 Å². The third-order valence-corrected chi connectivity index (χ3v) is 11.0. The standard InChI is InChI=1S/C61H100O5/c1-4-7-10-13-16-19-22-25-28-30-32-35-38-41-44-47-50-53-56-64-57-59(66-61(63)55-52-49-46-43-40-37-33-27-24-21-18-15-12-9-6-3)58-65-60(62)54-51-48-45-42-39-36-34-31-29-26-23-20-17-14-11-8-5-2/h8-9,11-12,16-21,25-29,33,40,43,49,52,59H,4-7,10,13-15,22-24,30-32,34-39,41-42,44-48,50-51,53-58H2,1-3H3/b11-8-,12-9-,19-16-,20-17-,21-18-,28-25-,29-26-,33-27-,43-40-,52-49-. The van der Waals surface area contributed by atoms with Crippen molar-refractivity contribution < 1.29 is 23.8 Å². The van der Waals surface area contributed by atoms with Crippen LogP contribution in [0.15, 0.2) is 122 Å². The molecule has 0 N–H and O–H groups in total. The van der Waals surface area contributed by atoms with Gasteiger partial charge < -0.3 is 14.2 Å². The highest BCUT2D eigenvalue weighted by Crippen LogP contribution is 2.13. The first-order valence-electron chi connectivity index (χ1n) is 27.1. The zero-order valence-electron chi connectivity index (χ0n) is 42.9. The number of allylic oxidation sites excluding steroid dienone is 19. The van der Waals surface area contributed by atoms with Crippen LogP contribution in [0, 0.1) is 0 Å². The summed E-state index contributed by atoms with van der Waals surface area (Å²) in [7, 11) is 0. The zero-order valence-corrected chi connectivity index (χ0v) is 42.9. The number of carbonyl (C=O) groups is 2. The second-order valence-corrected chi connectivity index (χ2v) is 17.4. The molecule has 0 fully saturated rings. The van der Waals surface area contributed by atoms with Crippen molar-refractivity contribution in [3.05, 3.63) is 122 Å². The van der Waals surface area contributed by atoms with E-state index in [0.29, 0.717) is 13.0 Å². The number of esters is 2. The van der Waals surface area contributed by atoms with Gasteiger partial charge in [0.15, 0.2) is 6.10 Å². The van der Waals surface area contributed by atoms with Crippen LogP contribution in [0.1, 0.15) is 226 Å². The molecule has 0 radical (unpaired) electrons. The summed E-state index contributed by atoms with van der Waals surface area (Å²) in [5.41, 5.74) is 0. The van der Waals surface area contributed by atoms with Crippen molar-refractivity contribution in [2.45, 2.75) is 232 Å². The molecule has 0 heterocycles. The number of rotatable bonds is 48. The lowest BCUT2D eigenvalue weighted by Gasteiger charge is -2.18. The number of carbonyl (C=O) groups excluding carboxylic acids is 2. The smallest absolute Gasteiger partial charge is 0.310 e. The maximum Gasteiger partial charge on any atom is 0.310 e. The second kappa shape index (κ2) is 55.6. The summed E-state index contributed by atoms with van der Waals surface area (Å²) in [6.07, 6.45) is 78.1.